The molecule has 0 radical (unpaired) electrons. The van der Waals surface area contributed by atoms with E-state index in [9.17, 15) is 9.59 Å². The van der Waals surface area contributed by atoms with Gasteiger partial charge in [0, 0.05) is 12.2 Å². The third-order valence-electron chi connectivity index (χ3n) is 4.74. The van der Waals surface area contributed by atoms with E-state index < -0.39 is 0 Å². The Labute approximate surface area is 188 Å². The van der Waals surface area contributed by atoms with E-state index in [1.54, 1.807) is 35.2 Å². The molecule has 2 heterocycles. The predicted molar refractivity (Wildman–Crippen MR) is 120 cm³/mol. The molecule has 0 atom stereocenters. The quantitative estimate of drug-likeness (QED) is 0.487. The SMILES string of the molecule is Cc1cccc(OCCCN2C(=O)COc3ccc(NC(=O)c4ccc(Br)o4)cc32)c1. The van der Waals surface area contributed by atoms with Crippen molar-refractivity contribution in [2.75, 3.05) is 30.0 Å². The zero-order valence-corrected chi connectivity index (χ0v) is 18.5. The standard InChI is InChI=1S/C23H21BrN2O5/c1-15-4-2-5-17(12-15)29-11-3-10-26-18-13-16(6-7-19(18)30-14-22(26)27)25-23(28)20-8-9-21(24)31-20/h2,4-9,12-13H,3,10-11,14H2,1H3,(H,25,28). The molecule has 1 aliphatic rings. The van der Waals surface area contributed by atoms with Gasteiger partial charge in [-0.1, -0.05) is 12.1 Å². The number of aryl methyl sites for hydroxylation is 1. The van der Waals surface area contributed by atoms with Crippen LogP contribution in [0.2, 0.25) is 0 Å². The van der Waals surface area contributed by atoms with Crippen LogP contribution in [-0.4, -0.2) is 31.6 Å². The van der Waals surface area contributed by atoms with Crippen LogP contribution < -0.4 is 19.7 Å². The van der Waals surface area contributed by atoms with Crippen LogP contribution in [0.3, 0.4) is 0 Å². The van der Waals surface area contributed by atoms with Crippen LogP contribution in [-0.2, 0) is 4.79 Å². The van der Waals surface area contributed by atoms with Gasteiger partial charge < -0.3 is 24.1 Å². The maximum atomic E-state index is 12.5. The Kier molecular flexibility index (Phi) is 6.27. The number of hydrogen-bond donors (Lipinski definition) is 1. The summed E-state index contributed by atoms with van der Waals surface area (Å²) in [6, 6.07) is 16.3. The molecule has 4 rings (SSSR count). The van der Waals surface area contributed by atoms with Crippen molar-refractivity contribution in [3.05, 3.63) is 70.6 Å². The summed E-state index contributed by atoms with van der Waals surface area (Å²) in [5, 5.41) is 2.78. The second-order valence-corrected chi connectivity index (χ2v) is 7.87. The number of carbonyl (C=O) groups excluding carboxylic acids is 2. The molecule has 0 saturated heterocycles. The van der Waals surface area contributed by atoms with E-state index in [0.29, 0.717) is 41.4 Å². The van der Waals surface area contributed by atoms with E-state index >= 15 is 0 Å². The first-order valence-corrected chi connectivity index (χ1v) is 10.6. The van der Waals surface area contributed by atoms with E-state index in [4.69, 9.17) is 13.9 Å². The molecule has 0 fully saturated rings. The molecule has 0 bridgehead atoms. The number of furan rings is 1. The van der Waals surface area contributed by atoms with Crippen LogP contribution in [0, 0.1) is 6.92 Å². The minimum atomic E-state index is -0.383. The van der Waals surface area contributed by atoms with Crippen LogP contribution in [0.4, 0.5) is 11.4 Å². The summed E-state index contributed by atoms with van der Waals surface area (Å²) in [6.45, 7) is 2.95. The van der Waals surface area contributed by atoms with Crippen LogP contribution >= 0.6 is 15.9 Å². The molecular weight excluding hydrogens is 464 g/mol. The minimum absolute atomic E-state index is 0.0160. The average molecular weight is 485 g/mol. The number of fused-ring (bicyclic) bond motifs is 1. The maximum Gasteiger partial charge on any atom is 0.291 e. The zero-order valence-electron chi connectivity index (χ0n) is 16.9. The van der Waals surface area contributed by atoms with Gasteiger partial charge in [-0.15, -0.1) is 0 Å². The van der Waals surface area contributed by atoms with Gasteiger partial charge in [-0.25, -0.2) is 0 Å². The third-order valence-corrected chi connectivity index (χ3v) is 5.17. The maximum absolute atomic E-state index is 12.5. The van der Waals surface area contributed by atoms with E-state index in [2.05, 4.69) is 21.2 Å². The first-order valence-electron chi connectivity index (χ1n) is 9.83. The highest BCUT2D eigenvalue weighted by Gasteiger charge is 2.26. The molecular formula is C23H21BrN2O5. The molecule has 0 spiro atoms. The topological polar surface area (TPSA) is 81.0 Å². The van der Waals surface area contributed by atoms with Crippen molar-refractivity contribution in [3.63, 3.8) is 0 Å². The van der Waals surface area contributed by atoms with E-state index in [-0.39, 0.29) is 24.2 Å². The summed E-state index contributed by atoms with van der Waals surface area (Å²) in [4.78, 5) is 26.5. The van der Waals surface area contributed by atoms with Gasteiger partial charge in [-0.3, -0.25) is 9.59 Å². The van der Waals surface area contributed by atoms with Crippen molar-refractivity contribution >= 4 is 39.1 Å². The number of amides is 2. The normalized spacial score (nSPS) is 12.8. The fourth-order valence-corrected chi connectivity index (χ4v) is 3.58. The molecule has 1 N–H and O–H groups in total. The summed E-state index contributed by atoms with van der Waals surface area (Å²) >= 11 is 3.18. The van der Waals surface area contributed by atoms with Crippen molar-refractivity contribution in [1.29, 1.82) is 0 Å². The van der Waals surface area contributed by atoms with Crippen molar-refractivity contribution < 1.29 is 23.5 Å². The first kappa shape index (κ1) is 21.0. The fourth-order valence-electron chi connectivity index (χ4n) is 3.27. The lowest BCUT2D eigenvalue weighted by molar-refractivity contribution is -0.121. The first-order chi connectivity index (χ1) is 15.0. The van der Waals surface area contributed by atoms with Crippen LogP contribution in [0.25, 0.3) is 0 Å². The fraction of sp³-hybridized carbons (Fsp3) is 0.217. The number of carbonyl (C=O) groups is 2. The summed E-state index contributed by atoms with van der Waals surface area (Å²) in [7, 11) is 0. The Balaban J connectivity index is 1.42. The van der Waals surface area contributed by atoms with Crippen LogP contribution in [0.5, 0.6) is 11.5 Å². The molecule has 0 saturated carbocycles. The number of nitrogens with zero attached hydrogens (tertiary/aromatic N) is 1. The number of benzene rings is 2. The van der Waals surface area contributed by atoms with Crippen molar-refractivity contribution in [1.82, 2.24) is 0 Å². The van der Waals surface area contributed by atoms with Crippen molar-refractivity contribution in [2.45, 2.75) is 13.3 Å². The predicted octanol–water partition coefficient (Wildman–Crippen LogP) is 4.80. The summed E-state index contributed by atoms with van der Waals surface area (Å²) in [5.74, 6) is 1.07. The highest BCUT2D eigenvalue weighted by atomic mass is 79.9. The summed E-state index contributed by atoms with van der Waals surface area (Å²) in [6.07, 6.45) is 0.649. The minimum Gasteiger partial charge on any atom is -0.494 e. The second-order valence-electron chi connectivity index (χ2n) is 7.09. The lowest BCUT2D eigenvalue weighted by Crippen LogP contribution is -2.39. The molecule has 8 heteroatoms. The van der Waals surface area contributed by atoms with Gasteiger partial charge in [-0.05, 0) is 77.3 Å². The van der Waals surface area contributed by atoms with E-state index in [0.717, 1.165) is 11.3 Å². The average Bonchev–Trinajstić information content (AvgIpc) is 3.19. The molecule has 0 unspecified atom stereocenters. The molecule has 1 aliphatic heterocycles. The highest BCUT2D eigenvalue weighted by Crippen LogP contribution is 2.35. The largest absolute Gasteiger partial charge is 0.494 e. The van der Waals surface area contributed by atoms with Gasteiger partial charge in [0.1, 0.15) is 11.5 Å². The van der Waals surface area contributed by atoms with E-state index in [1.165, 1.54) is 0 Å². The van der Waals surface area contributed by atoms with Gasteiger partial charge >= 0.3 is 0 Å². The van der Waals surface area contributed by atoms with Gasteiger partial charge in [0.2, 0.25) is 0 Å². The lowest BCUT2D eigenvalue weighted by atomic mass is 10.2. The smallest absolute Gasteiger partial charge is 0.291 e. The van der Waals surface area contributed by atoms with E-state index in [1.807, 2.05) is 31.2 Å². The third kappa shape index (κ3) is 5.08. The van der Waals surface area contributed by atoms with Gasteiger partial charge in [0.15, 0.2) is 17.0 Å². The Morgan fingerprint density at radius 2 is 2.06 bits per heavy atom. The number of rotatable bonds is 7. The van der Waals surface area contributed by atoms with Crippen LogP contribution in [0.15, 0.2) is 63.7 Å². The Morgan fingerprint density at radius 1 is 1.19 bits per heavy atom. The number of hydrogen-bond acceptors (Lipinski definition) is 5. The summed E-state index contributed by atoms with van der Waals surface area (Å²) in [5.41, 5.74) is 2.28. The molecule has 3 aromatic rings. The second kappa shape index (κ2) is 9.26. The molecule has 1 aromatic heterocycles. The molecule has 31 heavy (non-hydrogen) atoms. The van der Waals surface area contributed by atoms with Crippen molar-refractivity contribution in [3.8, 4) is 11.5 Å². The number of halogens is 1. The Bertz CT molecular complexity index is 1110. The van der Waals surface area contributed by atoms with Gasteiger partial charge in [-0.2, -0.15) is 0 Å². The lowest BCUT2D eigenvalue weighted by Gasteiger charge is -2.29. The van der Waals surface area contributed by atoms with Crippen LogP contribution in [0.1, 0.15) is 22.5 Å². The molecule has 2 amide bonds. The Morgan fingerprint density at radius 3 is 2.84 bits per heavy atom. The number of nitrogens with one attached hydrogen (secondary N) is 1. The van der Waals surface area contributed by atoms with Gasteiger partial charge in [0.05, 0.1) is 12.3 Å². The monoisotopic (exact) mass is 484 g/mol. The number of anilines is 2. The summed E-state index contributed by atoms with van der Waals surface area (Å²) < 4.78 is 17.1. The molecule has 7 nitrogen and oxygen atoms in total. The van der Waals surface area contributed by atoms with Crippen molar-refractivity contribution in [2.24, 2.45) is 0 Å². The van der Waals surface area contributed by atoms with Gasteiger partial charge in [0.25, 0.3) is 11.8 Å². The molecule has 2 aromatic carbocycles. The highest BCUT2D eigenvalue weighted by molar-refractivity contribution is 9.10. The molecule has 160 valence electrons. The molecule has 0 aliphatic carbocycles. The zero-order chi connectivity index (χ0) is 21.8. The Hall–Kier alpha value is -3.26. The number of ether oxygens (including phenoxy) is 2.